The van der Waals surface area contributed by atoms with Crippen molar-refractivity contribution in [3.63, 3.8) is 0 Å². The molecule has 10 aromatic rings. The Morgan fingerprint density at radius 3 is 1.54 bits per heavy atom. The maximum absolute atomic E-state index is 6.48. The zero-order chi connectivity index (χ0) is 36.8. The maximum atomic E-state index is 6.48. The molecule has 3 aromatic heterocycles. The van der Waals surface area contributed by atoms with Gasteiger partial charge in [-0.05, 0) is 76.6 Å². The Kier molecular flexibility index (Phi) is 6.79. The Hall–Kier alpha value is -6.85. The fourth-order valence-corrected chi connectivity index (χ4v) is 9.73. The van der Waals surface area contributed by atoms with Gasteiger partial charge in [-0.1, -0.05) is 141 Å². The van der Waals surface area contributed by atoms with Crippen LogP contribution in [-0.4, -0.2) is 15.0 Å². The number of furan rings is 2. The van der Waals surface area contributed by atoms with E-state index in [1.807, 2.05) is 60.7 Å². The molecule has 0 bridgehead atoms. The predicted molar refractivity (Wildman–Crippen MR) is 225 cm³/mol. The lowest BCUT2D eigenvalue weighted by Crippen LogP contribution is -2.28. The molecule has 2 aliphatic rings. The summed E-state index contributed by atoms with van der Waals surface area (Å²) in [6.07, 6.45) is 6.30. The third-order valence-corrected chi connectivity index (χ3v) is 12.4. The number of benzene rings is 7. The largest absolute Gasteiger partial charge is 0.455 e. The number of aromatic nitrogens is 3. The van der Waals surface area contributed by atoms with E-state index in [0.29, 0.717) is 17.5 Å². The van der Waals surface area contributed by atoms with Crippen LogP contribution in [0.2, 0.25) is 0 Å². The van der Waals surface area contributed by atoms with Crippen LogP contribution in [0.4, 0.5) is 0 Å². The van der Waals surface area contributed by atoms with Gasteiger partial charge in [0, 0.05) is 32.5 Å². The van der Waals surface area contributed by atoms with E-state index in [-0.39, 0.29) is 5.41 Å². The van der Waals surface area contributed by atoms with Crippen LogP contribution in [0, 0.1) is 0 Å². The average Bonchev–Trinajstić information content (AvgIpc) is 3.92. The second-order valence-electron chi connectivity index (χ2n) is 15.4. The highest BCUT2D eigenvalue weighted by molar-refractivity contribution is 6.10. The lowest BCUT2D eigenvalue weighted by atomic mass is 9.67. The van der Waals surface area contributed by atoms with Gasteiger partial charge in [-0.3, -0.25) is 0 Å². The van der Waals surface area contributed by atoms with Gasteiger partial charge in [-0.15, -0.1) is 0 Å². The summed E-state index contributed by atoms with van der Waals surface area (Å²) in [5.74, 6) is 1.67. The predicted octanol–water partition coefficient (Wildman–Crippen LogP) is 13.6. The van der Waals surface area contributed by atoms with Gasteiger partial charge in [-0.25, -0.2) is 15.0 Å². The van der Waals surface area contributed by atoms with Crippen LogP contribution in [0.15, 0.2) is 160 Å². The Balaban J connectivity index is 1.00. The minimum absolute atomic E-state index is 0.114. The van der Waals surface area contributed by atoms with Crippen LogP contribution in [-0.2, 0) is 5.41 Å². The van der Waals surface area contributed by atoms with E-state index >= 15 is 0 Å². The molecule has 2 aliphatic carbocycles. The first-order chi connectivity index (χ1) is 27.7. The number of fused-ring (bicyclic) bond motifs is 11. The number of nitrogens with zero attached hydrogens (tertiary/aromatic N) is 3. The first kappa shape index (κ1) is 31.5. The van der Waals surface area contributed by atoms with Crippen molar-refractivity contribution in [3.8, 4) is 56.4 Å². The molecule has 0 saturated heterocycles. The molecule has 12 rings (SSSR count). The van der Waals surface area contributed by atoms with E-state index < -0.39 is 0 Å². The van der Waals surface area contributed by atoms with Crippen LogP contribution < -0.4 is 0 Å². The lowest BCUT2D eigenvalue weighted by Gasteiger charge is -2.36. The molecular formula is C51H35N3O2. The first-order valence-corrected chi connectivity index (χ1v) is 19.6. The highest BCUT2D eigenvalue weighted by Gasteiger charge is 2.43. The molecule has 0 atom stereocenters. The van der Waals surface area contributed by atoms with Crippen LogP contribution in [0.3, 0.4) is 0 Å². The van der Waals surface area contributed by atoms with Gasteiger partial charge in [0.05, 0.1) is 11.1 Å². The maximum Gasteiger partial charge on any atom is 0.167 e. The summed E-state index contributed by atoms with van der Waals surface area (Å²) in [5, 5.41) is 4.17. The molecule has 0 N–H and O–H groups in total. The van der Waals surface area contributed by atoms with Crippen molar-refractivity contribution in [1.29, 1.82) is 0 Å². The van der Waals surface area contributed by atoms with E-state index in [4.69, 9.17) is 23.8 Å². The Bertz CT molecular complexity index is 3050. The number of para-hydroxylation sites is 4. The Labute approximate surface area is 323 Å². The third-order valence-electron chi connectivity index (χ3n) is 12.4. The summed E-state index contributed by atoms with van der Waals surface area (Å²) in [7, 11) is 0. The SMILES string of the molecule is c1ccc2c(c1)-c1ccc(-c3ccc(-c4nc(-c5cccc6c5oc5ccccc56)nc(-c5cccc6c5oc5ccccc56)n4)cc3)cc1C21CCCCC1. The molecule has 266 valence electrons. The molecule has 1 saturated carbocycles. The fraction of sp³-hybridized carbons (Fsp3) is 0.118. The summed E-state index contributed by atoms with van der Waals surface area (Å²) >= 11 is 0. The van der Waals surface area contributed by atoms with Gasteiger partial charge in [-0.2, -0.15) is 0 Å². The molecule has 0 unspecified atom stereocenters. The van der Waals surface area contributed by atoms with Crippen molar-refractivity contribution in [1.82, 2.24) is 15.0 Å². The normalized spacial score (nSPS) is 14.6. The second kappa shape index (κ2) is 12.1. The van der Waals surface area contributed by atoms with Crippen molar-refractivity contribution >= 4 is 43.9 Å². The highest BCUT2D eigenvalue weighted by atomic mass is 16.3. The number of rotatable bonds is 4. The smallest absolute Gasteiger partial charge is 0.167 e. The molecule has 5 heteroatoms. The molecule has 0 amide bonds. The third kappa shape index (κ3) is 4.64. The topological polar surface area (TPSA) is 65.0 Å². The molecule has 0 radical (unpaired) electrons. The van der Waals surface area contributed by atoms with Crippen LogP contribution in [0.1, 0.15) is 43.2 Å². The van der Waals surface area contributed by atoms with Crippen molar-refractivity contribution in [2.45, 2.75) is 37.5 Å². The lowest BCUT2D eigenvalue weighted by molar-refractivity contribution is 0.353. The number of hydrogen-bond donors (Lipinski definition) is 0. The fourth-order valence-electron chi connectivity index (χ4n) is 9.73. The molecule has 1 spiro atoms. The average molecular weight is 722 g/mol. The van der Waals surface area contributed by atoms with Gasteiger partial charge in [0.2, 0.25) is 0 Å². The van der Waals surface area contributed by atoms with E-state index in [1.54, 1.807) is 0 Å². The molecule has 1 fully saturated rings. The minimum Gasteiger partial charge on any atom is -0.455 e. The van der Waals surface area contributed by atoms with Crippen LogP contribution >= 0.6 is 0 Å². The zero-order valence-electron chi connectivity index (χ0n) is 30.6. The highest BCUT2D eigenvalue weighted by Crippen LogP contribution is 2.56. The molecule has 3 heterocycles. The second-order valence-corrected chi connectivity index (χ2v) is 15.4. The molecular weight excluding hydrogens is 687 g/mol. The summed E-state index contributed by atoms with van der Waals surface area (Å²) in [6.45, 7) is 0. The van der Waals surface area contributed by atoms with Crippen molar-refractivity contribution < 1.29 is 8.83 Å². The van der Waals surface area contributed by atoms with Crippen molar-refractivity contribution in [2.24, 2.45) is 0 Å². The van der Waals surface area contributed by atoms with Crippen molar-refractivity contribution in [2.75, 3.05) is 0 Å². The zero-order valence-corrected chi connectivity index (χ0v) is 30.6. The standard InChI is InChI=1S/C51H35N3O2/c1-8-28-51(29-9-1)42-19-5-2-12-34(42)35-27-26-33(30-43(35)51)31-22-24-32(25-23-31)48-52-49(40-17-10-15-38-36-13-3-6-20-44(36)55-46(38)40)54-50(53-48)41-18-11-16-39-37-14-4-7-21-45(37)56-47(39)41/h2-7,10-27,30H,1,8-9,28-29H2. The number of hydrogen-bond acceptors (Lipinski definition) is 5. The first-order valence-electron chi connectivity index (χ1n) is 19.6. The summed E-state index contributed by atoms with van der Waals surface area (Å²) < 4.78 is 13.0. The van der Waals surface area contributed by atoms with Gasteiger partial charge in [0.15, 0.2) is 17.5 Å². The van der Waals surface area contributed by atoms with E-state index in [0.717, 1.165) is 60.6 Å². The Morgan fingerprint density at radius 2 is 0.875 bits per heavy atom. The van der Waals surface area contributed by atoms with E-state index in [2.05, 4.69) is 91.0 Å². The molecule has 5 nitrogen and oxygen atoms in total. The van der Waals surface area contributed by atoms with Crippen LogP contribution in [0.5, 0.6) is 0 Å². The summed E-state index contributed by atoms with van der Waals surface area (Å²) in [4.78, 5) is 15.5. The molecule has 7 aromatic carbocycles. The minimum atomic E-state index is 0.114. The quantitative estimate of drug-likeness (QED) is 0.181. The van der Waals surface area contributed by atoms with Crippen LogP contribution in [0.25, 0.3) is 100 Å². The van der Waals surface area contributed by atoms with Gasteiger partial charge in [0.1, 0.15) is 22.3 Å². The molecule has 56 heavy (non-hydrogen) atoms. The summed E-state index contributed by atoms with van der Waals surface area (Å²) in [5.41, 5.74) is 14.0. The van der Waals surface area contributed by atoms with Gasteiger partial charge < -0.3 is 8.83 Å². The van der Waals surface area contributed by atoms with Crippen molar-refractivity contribution in [3.05, 3.63) is 163 Å². The monoisotopic (exact) mass is 721 g/mol. The Morgan fingerprint density at radius 1 is 0.375 bits per heavy atom. The van der Waals surface area contributed by atoms with E-state index in [1.165, 1.54) is 65.5 Å². The van der Waals surface area contributed by atoms with Gasteiger partial charge >= 0.3 is 0 Å². The van der Waals surface area contributed by atoms with Gasteiger partial charge in [0.25, 0.3) is 0 Å². The molecule has 0 aliphatic heterocycles. The van der Waals surface area contributed by atoms with E-state index in [9.17, 15) is 0 Å². The summed E-state index contributed by atoms with van der Waals surface area (Å²) in [6, 6.07) is 53.5.